The van der Waals surface area contributed by atoms with Crippen molar-refractivity contribution in [1.82, 2.24) is 15.5 Å². The Balaban J connectivity index is 1.44. The van der Waals surface area contributed by atoms with Gasteiger partial charge in [0, 0.05) is 38.3 Å². The minimum absolute atomic E-state index is 0.146. The molecule has 2 aliphatic rings. The minimum Gasteiger partial charge on any atom is -0.459 e. The fourth-order valence-corrected chi connectivity index (χ4v) is 4.16. The van der Waals surface area contributed by atoms with Gasteiger partial charge in [-0.05, 0) is 51.0 Å². The molecule has 3 rings (SSSR count). The second-order valence-electron chi connectivity index (χ2n) is 7.49. The van der Waals surface area contributed by atoms with E-state index in [0.717, 1.165) is 49.4 Å². The Morgan fingerprint density at radius 2 is 2.00 bits per heavy atom. The van der Waals surface area contributed by atoms with Crippen molar-refractivity contribution in [2.24, 2.45) is 16.8 Å². The van der Waals surface area contributed by atoms with Crippen LogP contribution in [0, 0.1) is 18.8 Å². The fourth-order valence-electron chi connectivity index (χ4n) is 4.16. The third-order valence-corrected chi connectivity index (χ3v) is 5.56. The summed E-state index contributed by atoms with van der Waals surface area (Å²) in [5.41, 5.74) is 0.866. The third-order valence-electron chi connectivity index (χ3n) is 5.56. The number of furan rings is 1. The van der Waals surface area contributed by atoms with E-state index < -0.39 is 0 Å². The van der Waals surface area contributed by atoms with Gasteiger partial charge in [0.25, 0.3) is 5.91 Å². The molecule has 2 unspecified atom stereocenters. The van der Waals surface area contributed by atoms with Crippen LogP contribution in [0.25, 0.3) is 0 Å². The van der Waals surface area contributed by atoms with Crippen LogP contribution in [0.3, 0.4) is 0 Å². The molecule has 6 nitrogen and oxygen atoms in total. The third kappa shape index (κ3) is 4.59. The van der Waals surface area contributed by atoms with Gasteiger partial charge in [0.05, 0.1) is 6.26 Å². The number of hydrogen-bond donors (Lipinski definition) is 2. The van der Waals surface area contributed by atoms with Crippen LogP contribution in [-0.2, 0) is 0 Å². The second kappa shape index (κ2) is 9.10. The van der Waals surface area contributed by atoms with Gasteiger partial charge in [-0.3, -0.25) is 9.79 Å². The molecule has 1 aliphatic heterocycles. The summed E-state index contributed by atoms with van der Waals surface area (Å²) in [6, 6.07) is 1.80. The zero-order valence-electron chi connectivity index (χ0n) is 16.1. The molecule has 0 radical (unpaired) electrons. The van der Waals surface area contributed by atoms with E-state index in [1.807, 2.05) is 6.92 Å². The molecule has 1 aromatic rings. The van der Waals surface area contributed by atoms with E-state index in [1.54, 1.807) is 12.3 Å². The lowest BCUT2D eigenvalue weighted by Crippen LogP contribution is -2.40. The Bertz CT molecular complexity index is 611. The molecule has 0 spiro atoms. The molecule has 1 amide bonds. The molecule has 1 aliphatic carbocycles. The number of aliphatic imine (C=N–C) groups is 1. The lowest BCUT2D eigenvalue weighted by molar-refractivity contribution is 0.0925. The van der Waals surface area contributed by atoms with Crippen LogP contribution >= 0.6 is 0 Å². The molecule has 0 aromatic carbocycles. The fraction of sp³-hybridized carbons (Fsp3) is 0.700. The molecule has 6 heteroatoms. The Hall–Kier alpha value is -1.98. The van der Waals surface area contributed by atoms with Crippen molar-refractivity contribution in [2.45, 2.75) is 46.0 Å². The summed E-state index contributed by atoms with van der Waals surface area (Å²) in [4.78, 5) is 19.2. The Morgan fingerprint density at radius 1 is 1.27 bits per heavy atom. The lowest BCUT2D eigenvalue weighted by atomic mass is 9.82. The average molecular weight is 361 g/mol. The molecule has 2 fully saturated rings. The first-order valence-corrected chi connectivity index (χ1v) is 10.0. The lowest BCUT2D eigenvalue weighted by Gasteiger charge is -2.22. The van der Waals surface area contributed by atoms with Gasteiger partial charge < -0.3 is 20.0 Å². The second-order valence-corrected chi connectivity index (χ2v) is 7.49. The van der Waals surface area contributed by atoms with Crippen LogP contribution < -0.4 is 10.6 Å². The maximum absolute atomic E-state index is 12.0. The number of amides is 1. The minimum atomic E-state index is -0.146. The summed E-state index contributed by atoms with van der Waals surface area (Å²) in [5, 5.41) is 6.34. The smallest absolute Gasteiger partial charge is 0.287 e. The normalized spacial score (nSPS) is 23.0. The standard InChI is InChI=1S/C20H32N4O2/c1-3-21-20(24-13-16-7-4-5-8-17(16)14-24)23-11-6-10-22-19(25)18-15(2)9-12-26-18/h9,12,16-17H,3-8,10-11,13-14H2,1-2H3,(H,21,23)(H,22,25). The predicted octanol–water partition coefficient (Wildman–Crippen LogP) is 2.80. The summed E-state index contributed by atoms with van der Waals surface area (Å²) in [7, 11) is 0. The number of nitrogens with zero attached hydrogens (tertiary/aromatic N) is 2. The Kier molecular flexibility index (Phi) is 6.58. The van der Waals surface area contributed by atoms with Gasteiger partial charge in [0.15, 0.2) is 11.7 Å². The van der Waals surface area contributed by atoms with Crippen LogP contribution in [0.5, 0.6) is 0 Å². The number of hydrogen-bond acceptors (Lipinski definition) is 3. The molecule has 2 heterocycles. The van der Waals surface area contributed by atoms with E-state index in [0.29, 0.717) is 18.8 Å². The number of guanidine groups is 1. The summed E-state index contributed by atoms with van der Waals surface area (Å²) in [6.45, 7) is 8.48. The first kappa shape index (κ1) is 18.8. The van der Waals surface area contributed by atoms with Gasteiger partial charge in [-0.1, -0.05) is 12.8 Å². The monoisotopic (exact) mass is 360 g/mol. The molecular weight excluding hydrogens is 328 g/mol. The largest absolute Gasteiger partial charge is 0.459 e. The van der Waals surface area contributed by atoms with Gasteiger partial charge in [-0.25, -0.2) is 0 Å². The van der Waals surface area contributed by atoms with Crippen molar-refractivity contribution in [3.05, 3.63) is 23.7 Å². The van der Waals surface area contributed by atoms with E-state index in [-0.39, 0.29) is 5.91 Å². The van der Waals surface area contributed by atoms with E-state index in [1.165, 1.54) is 25.7 Å². The summed E-state index contributed by atoms with van der Waals surface area (Å²) in [5.74, 6) is 3.00. The number of aryl methyl sites for hydroxylation is 1. The highest BCUT2D eigenvalue weighted by Gasteiger charge is 2.35. The predicted molar refractivity (Wildman–Crippen MR) is 103 cm³/mol. The Morgan fingerprint density at radius 3 is 2.62 bits per heavy atom. The van der Waals surface area contributed by atoms with E-state index in [9.17, 15) is 4.79 Å². The molecule has 1 aromatic heterocycles. The number of carbonyl (C=O) groups is 1. The van der Waals surface area contributed by atoms with Crippen molar-refractivity contribution in [1.29, 1.82) is 0 Å². The van der Waals surface area contributed by atoms with Crippen LogP contribution in [0.2, 0.25) is 0 Å². The van der Waals surface area contributed by atoms with E-state index in [4.69, 9.17) is 9.41 Å². The summed E-state index contributed by atoms with van der Waals surface area (Å²) in [6.07, 6.45) is 7.89. The van der Waals surface area contributed by atoms with Crippen LogP contribution in [0.15, 0.2) is 21.7 Å². The van der Waals surface area contributed by atoms with Crippen LogP contribution in [-0.4, -0.2) is 49.5 Å². The molecule has 0 bridgehead atoms. The number of fused-ring (bicyclic) bond motifs is 1. The van der Waals surface area contributed by atoms with E-state index in [2.05, 4.69) is 22.5 Å². The van der Waals surface area contributed by atoms with Gasteiger partial charge in [0.2, 0.25) is 0 Å². The molecule has 2 N–H and O–H groups in total. The number of likely N-dealkylation sites (tertiary alicyclic amines) is 1. The highest BCUT2D eigenvalue weighted by Crippen LogP contribution is 2.35. The van der Waals surface area contributed by atoms with Gasteiger partial charge in [-0.15, -0.1) is 0 Å². The van der Waals surface area contributed by atoms with Crippen molar-refractivity contribution in [2.75, 3.05) is 32.7 Å². The number of carbonyl (C=O) groups excluding carboxylic acids is 1. The average Bonchev–Trinajstić information content (AvgIpc) is 3.26. The molecule has 1 saturated heterocycles. The van der Waals surface area contributed by atoms with Crippen LogP contribution in [0.4, 0.5) is 0 Å². The maximum atomic E-state index is 12.0. The summed E-state index contributed by atoms with van der Waals surface area (Å²) < 4.78 is 5.21. The van der Waals surface area contributed by atoms with Crippen LogP contribution in [0.1, 0.15) is 55.1 Å². The highest BCUT2D eigenvalue weighted by molar-refractivity contribution is 5.92. The van der Waals surface area contributed by atoms with Crippen molar-refractivity contribution < 1.29 is 9.21 Å². The Labute approximate surface area is 156 Å². The molecular formula is C20H32N4O2. The molecule has 26 heavy (non-hydrogen) atoms. The quantitative estimate of drug-likeness (QED) is 0.465. The molecule has 2 atom stereocenters. The first-order valence-electron chi connectivity index (χ1n) is 10.0. The molecule has 144 valence electrons. The number of nitrogens with one attached hydrogen (secondary N) is 2. The first-order chi connectivity index (χ1) is 12.7. The van der Waals surface area contributed by atoms with Gasteiger partial charge >= 0.3 is 0 Å². The van der Waals surface area contributed by atoms with Crippen molar-refractivity contribution in [3.63, 3.8) is 0 Å². The maximum Gasteiger partial charge on any atom is 0.287 e. The highest BCUT2D eigenvalue weighted by atomic mass is 16.3. The zero-order chi connectivity index (χ0) is 18.4. The van der Waals surface area contributed by atoms with Gasteiger partial charge in [0.1, 0.15) is 0 Å². The van der Waals surface area contributed by atoms with Crippen molar-refractivity contribution in [3.8, 4) is 0 Å². The van der Waals surface area contributed by atoms with Gasteiger partial charge in [-0.2, -0.15) is 0 Å². The summed E-state index contributed by atoms with van der Waals surface area (Å²) >= 11 is 0. The SMILES string of the molecule is CCNC(=NCCCNC(=O)c1occc1C)N1CC2CCCCC2C1. The van der Waals surface area contributed by atoms with E-state index >= 15 is 0 Å². The topological polar surface area (TPSA) is 69.9 Å². The zero-order valence-corrected chi connectivity index (χ0v) is 16.1. The van der Waals surface area contributed by atoms with Crippen molar-refractivity contribution >= 4 is 11.9 Å². The molecule has 1 saturated carbocycles. The number of rotatable bonds is 6.